The standard InChI is InChI=1S/C24H31N5O2/c1-15-5-7-19(8-6-15)12-25-21(30)10-9-20-26-23(22-18(4)28-31-24(22)27-20)29-13-16(2)11-17(3)14-29/h5-8,16-17H,9-14H2,1-4H3,(H,25,30)/t16-,17+. The summed E-state index contributed by atoms with van der Waals surface area (Å²) in [5, 5.41) is 7.97. The fourth-order valence-corrected chi connectivity index (χ4v) is 4.41. The van der Waals surface area contributed by atoms with Crippen LogP contribution in [0.15, 0.2) is 28.8 Å². The number of amides is 1. The molecule has 164 valence electrons. The Bertz CT molecular complexity index is 1050. The number of anilines is 1. The van der Waals surface area contributed by atoms with Crippen LogP contribution in [-0.4, -0.2) is 34.1 Å². The first-order chi connectivity index (χ1) is 14.9. The predicted octanol–water partition coefficient (Wildman–Crippen LogP) is 3.97. The summed E-state index contributed by atoms with van der Waals surface area (Å²) in [4.78, 5) is 24.1. The van der Waals surface area contributed by atoms with Gasteiger partial charge in [0.05, 0.1) is 5.69 Å². The Morgan fingerprint density at radius 2 is 1.84 bits per heavy atom. The second-order valence-electron chi connectivity index (χ2n) is 9.02. The highest BCUT2D eigenvalue weighted by atomic mass is 16.5. The maximum atomic E-state index is 12.4. The highest BCUT2D eigenvalue weighted by Gasteiger charge is 2.27. The second-order valence-corrected chi connectivity index (χ2v) is 9.02. The van der Waals surface area contributed by atoms with Crippen LogP contribution in [0.25, 0.3) is 11.1 Å². The summed E-state index contributed by atoms with van der Waals surface area (Å²) < 4.78 is 5.47. The van der Waals surface area contributed by atoms with Gasteiger partial charge in [-0.15, -0.1) is 0 Å². The highest BCUT2D eigenvalue weighted by molar-refractivity contribution is 5.88. The average Bonchev–Trinajstić information content (AvgIpc) is 3.11. The summed E-state index contributed by atoms with van der Waals surface area (Å²) in [5.41, 5.74) is 3.60. The first kappa shape index (κ1) is 21.3. The summed E-state index contributed by atoms with van der Waals surface area (Å²) >= 11 is 0. The van der Waals surface area contributed by atoms with Gasteiger partial charge in [-0.05, 0) is 37.7 Å². The molecule has 0 unspecified atom stereocenters. The normalized spacial score (nSPS) is 19.0. The number of piperidine rings is 1. The molecular weight excluding hydrogens is 390 g/mol. The topological polar surface area (TPSA) is 84.2 Å². The minimum atomic E-state index is -0.0141. The first-order valence-corrected chi connectivity index (χ1v) is 11.1. The van der Waals surface area contributed by atoms with Crippen molar-refractivity contribution in [2.75, 3.05) is 18.0 Å². The molecule has 3 heterocycles. The van der Waals surface area contributed by atoms with Gasteiger partial charge in [0.25, 0.3) is 5.71 Å². The van der Waals surface area contributed by atoms with Crippen LogP contribution in [0, 0.1) is 25.7 Å². The summed E-state index contributed by atoms with van der Waals surface area (Å²) in [6.45, 7) is 11.0. The molecule has 0 bridgehead atoms. The van der Waals surface area contributed by atoms with Crippen molar-refractivity contribution in [1.82, 2.24) is 20.4 Å². The largest absolute Gasteiger partial charge is 0.355 e. The third-order valence-electron chi connectivity index (χ3n) is 5.89. The summed E-state index contributed by atoms with van der Waals surface area (Å²) in [6, 6.07) is 8.17. The van der Waals surface area contributed by atoms with E-state index in [1.807, 2.05) is 31.2 Å². The fraction of sp³-hybridized carbons (Fsp3) is 0.500. The molecule has 1 N–H and O–H groups in total. The van der Waals surface area contributed by atoms with Crippen LogP contribution in [0.4, 0.5) is 5.82 Å². The Morgan fingerprint density at radius 3 is 2.55 bits per heavy atom. The van der Waals surface area contributed by atoms with Crippen LogP contribution in [-0.2, 0) is 17.8 Å². The maximum Gasteiger partial charge on any atom is 0.263 e. The minimum Gasteiger partial charge on any atom is -0.355 e. The van der Waals surface area contributed by atoms with Gasteiger partial charge in [-0.2, -0.15) is 4.98 Å². The Hall–Kier alpha value is -2.96. The molecule has 1 aromatic carbocycles. The lowest BCUT2D eigenvalue weighted by Crippen LogP contribution is -2.39. The number of benzene rings is 1. The van der Waals surface area contributed by atoms with E-state index in [-0.39, 0.29) is 5.91 Å². The smallest absolute Gasteiger partial charge is 0.263 e. The average molecular weight is 422 g/mol. The Morgan fingerprint density at radius 1 is 1.13 bits per heavy atom. The molecule has 1 fully saturated rings. The van der Waals surface area contributed by atoms with E-state index >= 15 is 0 Å². The number of nitrogens with one attached hydrogen (secondary N) is 1. The highest BCUT2D eigenvalue weighted by Crippen LogP contribution is 2.31. The molecule has 7 nitrogen and oxygen atoms in total. The van der Waals surface area contributed by atoms with Crippen molar-refractivity contribution in [3.05, 3.63) is 46.9 Å². The van der Waals surface area contributed by atoms with Gasteiger partial charge in [0.15, 0.2) is 0 Å². The van der Waals surface area contributed by atoms with Crippen LogP contribution in [0.5, 0.6) is 0 Å². The third kappa shape index (κ3) is 5.03. The number of nitrogens with zero attached hydrogens (tertiary/aromatic N) is 4. The number of aromatic nitrogens is 3. The van der Waals surface area contributed by atoms with Crippen LogP contribution in [0.2, 0.25) is 0 Å². The lowest BCUT2D eigenvalue weighted by Gasteiger charge is -2.36. The number of aryl methyl sites for hydroxylation is 3. The van der Waals surface area contributed by atoms with Crippen LogP contribution in [0.3, 0.4) is 0 Å². The zero-order valence-corrected chi connectivity index (χ0v) is 18.8. The van der Waals surface area contributed by atoms with E-state index in [1.165, 1.54) is 12.0 Å². The quantitative estimate of drug-likeness (QED) is 0.648. The van der Waals surface area contributed by atoms with E-state index in [9.17, 15) is 4.79 Å². The van der Waals surface area contributed by atoms with Crippen molar-refractivity contribution < 1.29 is 9.32 Å². The Labute approximate surface area is 183 Å². The first-order valence-electron chi connectivity index (χ1n) is 11.1. The van der Waals surface area contributed by atoms with E-state index in [0.717, 1.165) is 35.6 Å². The van der Waals surface area contributed by atoms with Crippen LogP contribution < -0.4 is 10.2 Å². The molecule has 3 aromatic rings. The number of rotatable bonds is 6. The van der Waals surface area contributed by atoms with E-state index in [2.05, 4.69) is 41.1 Å². The molecule has 0 aliphatic carbocycles. The van der Waals surface area contributed by atoms with Gasteiger partial charge in [-0.3, -0.25) is 4.79 Å². The van der Waals surface area contributed by atoms with Crippen LogP contribution in [0.1, 0.15) is 49.3 Å². The molecule has 0 spiro atoms. The Kier molecular flexibility index (Phi) is 6.20. The zero-order chi connectivity index (χ0) is 22.0. The van der Waals surface area contributed by atoms with Gasteiger partial charge in [-0.25, -0.2) is 4.98 Å². The molecule has 1 aliphatic heterocycles. The van der Waals surface area contributed by atoms with Gasteiger partial charge in [0, 0.05) is 32.5 Å². The number of fused-ring (bicyclic) bond motifs is 1. The maximum absolute atomic E-state index is 12.4. The monoisotopic (exact) mass is 421 g/mol. The molecule has 7 heteroatoms. The number of carbonyl (C=O) groups is 1. The molecule has 0 saturated carbocycles. The molecule has 1 aliphatic rings. The van der Waals surface area contributed by atoms with Crippen molar-refractivity contribution in [2.45, 2.75) is 53.5 Å². The summed E-state index contributed by atoms with van der Waals surface area (Å²) in [7, 11) is 0. The molecule has 1 amide bonds. The third-order valence-corrected chi connectivity index (χ3v) is 5.89. The minimum absolute atomic E-state index is 0.0141. The van der Waals surface area contributed by atoms with Gasteiger partial charge in [-0.1, -0.05) is 48.8 Å². The lowest BCUT2D eigenvalue weighted by atomic mass is 9.92. The van der Waals surface area contributed by atoms with E-state index in [4.69, 9.17) is 9.51 Å². The van der Waals surface area contributed by atoms with E-state index in [0.29, 0.717) is 42.8 Å². The van der Waals surface area contributed by atoms with Crippen molar-refractivity contribution in [3.8, 4) is 0 Å². The molecular formula is C24H31N5O2. The number of hydrogen-bond acceptors (Lipinski definition) is 6. The summed E-state index contributed by atoms with van der Waals surface area (Å²) in [5.74, 6) is 2.70. The van der Waals surface area contributed by atoms with Crippen molar-refractivity contribution in [3.63, 3.8) is 0 Å². The zero-order valence-electron chi connectivity index (χ0n) is 18.8. The molecule has 0 radical (unpaired) electrons. The van der Waals surface area contributed by atoms with Crippen molar-refractivity contribution in [1.29, 1.82) is 0 Å². The van der Waals surface area contributed by atoms with Crippen molar-refractivity contribution in [2.24, 2.45) is 11.8 Å². The van der Waals surface area contributed by atoms with Gasteiger partial charge < -0.3 is 14.7 Å². The van der Waals surface area contributed by atoms with Gasteiger partial charge in [0.2, 0.25) is 5.91 Å². The summed E-state index contributed by atoms with van der Waals surface area (Å²) in [6.07, 6.45) is 2.01. The molecule has 1 saturated heterocycles. The molecule has 4 rings (SSSR count). The molecule has 2 aromatic heterocycles. The number of hydrogen-bond donors (Lipinski definition) is 1. The second kappa shape index (κ2) is 9.04. The molecule has 2 atom stereocenters. The van der Waals surface area contributed by atoms with Gasteiger partial charge in [0.1, 0.15) is 17.0 Å². The number of carbonyl (C=O) groups excluding carboxylic acids is 1. The predicted molar refractivity (Wildman–Crippen MR) is 121 cm³/mol. The van der Waals surface area contributed by atoms with Crippen molar-refractivity contribution >= 4 is 22.8 Å². The van der Waals surface area contributed by atoms with Gasteiger partial charge >= 0.3 is 0 Å². The van der Waals surface area contributed by atoms with Crippen LogP contribution >= 0.6 is 0 Å². The lowest BCUT2D eigenvalue weighted by molar-refractivity contribution is -0.121. The van der Waals surface area contributed by atoms with E-state index in [1.54, 1.807) is 0 Å². The SMILES string of the molecule is Cc1ccc(CNC(=O)CCc2nc(N3C[C@H](C)C[C@H](C)C3)c3c(C)noc3n2)cc1. The van der Waals surface area contributed by atoms with E-state index < -0.39 is 0 Å². The molecule has 31 heavy (non-hydrogen) atoms. The fourth-order valence-electron chi connectivity index (χ4n) is 4.41. The Balaban J connectivity index is 1.46.